The fraction of sp³-hybridized carbons (Fsp3) is 0.357. The van der Waals surface area contributed by atoms with Crippen LogP contribution in [-0.2, 0) is 11.3 Å². The zero-order valence-electron chi connectivity index (χ0n) is 12.6. The molecule has 0 spiro atoms. The molecule has 3 amide bonds. The van der Waals surface area contributed by atoms with Crippen molar-refractivity contribution in [2.75, 3.05) is 26.7 Å². The van der Waals surface area contributed by atoms with Crippen molar-refractivity contribution in [2.24, 2.45) is 4.99 Å². The molecule has 1 aliphatic heterocycles. The number of hydrogen-bond donors (Lipinski definition) is 3. The predicted octanol–water partition coefficient (Wildman–Crippen LogP) is 0.660. The number of aliphatic imine (C=N–C) groups is 1. The number of carbonyl (C=O) groups excluding carboxylic acids is 2. The van der Waals surface area contributed by atoms with E-state index in [0.29, 0.717) is 19.0 Å². The van der Waals surface area contributed by atoms with Crippen molar-refractivity contribution in [3.63, 3.8) is 0 Å². The number of nitrogens with one attached hydrogen (secondary N) is 3. The van der Waals surface area contributed by atoms with Crippen molar-refractivity contribution < 1.29 is 14.0 Å². The lowest BCUT2D eigenvalue weighted by Gasteiger charge is -2.15. The molecule has 3 N–H and O–H groups in total. The van der Waals surface area contributed by atoms with Gasteiger partial charge < -0.3 is 16.0 Å². The maximum absolute atomic E-state index is 12.8. The first-order valence-corrected chi connectivity index (χ1v) is 6.87. The van der Waals surface area contributed by atoms with E-state index >= 15 is 0 Å². The van der Waals surface area contributed by atoms with E-state index in [0.717, 1.165) is 10.5 Å². The highest BCUT2D eigenvalue weighted by atomic mass is 127. The molecule has 23 heavy (non-hydrogen) atoms. The first kappa shape index (κ1) is 19.1. The molecular weight excluding hydrogens is 416 g/mol. The van der Waals surface area contributed by atoms with Crippen LogP contribution in [-0.4, -0.2) is 49.5 Å². The van der Waals surface area contributed by atoms with Crippen molar-refractivity contribution in [1.29, 1.82) is 0 Å². The standard InChI is InChI=1S/C14H18FN5O2.HI/c1-16-13(18-8-10-2-4-11(15)5-3-10)17-6-7-20-12(21)9-19-14(20)22;/h2-5H,6-9H2,1H3,(H,19,22)(H2,16,17,18);1H. The van der Waals surface area contributed by atoms with Crippen LogP contribution < -0.4 is 16.0 Å². The van der Waals surface area contributed by atoms with Gasteiger partial charge in [0.25, 0.3) is 0 Å². The van der Waals surface area contributed by atoms with E-state index in [2.05, 4.69) is 20.9 Å². The van der Waals surface area contributed by atoms with Crippen LogP contribution in [0.4, 0.5) is 9.18 Å². The Bertz CT molecular complexity index is 563. The summed E-state index contributed by atoms with van der Waals surface area (Å²) < 4.78 is 12.8. The van der Waals surface area contributed by atoms with Crippen molar-refractivity contribution in [1.82, 2.24) is 20.9 Å². The highest BCUT2D eigenvalue weighted by Gasteiger charge is 2.27. The van der Waals surface area contributed by atoms with Crippen LogP contribution >= 0.6 is 24.0 Å². The lowest BCUT2D eigenvalue weighted by atomic mass is 10.2. The van der Waals surface area contributed by atoms with E-state index in [1.807, 2.05) is 0 Å². The van der Waals surface area contributed by atoms with Crippen LogP contribution in [0.1, 0.15) is 5.56 Å². The minimum Gasteiger partial charge on any atom is -0.355 e. The van der Waals surface area contributed by atoms with Gasteiger partial charge in [-0.25, -0.2) is 9.18 Å². The van der Waals surface area contributed by atoms with Gasteiger partial charge in [0.1, 0.15) is 5.82 Å². The minimum absolute atomic E-state index is 0. The third kappa shape index (κ3) is 5.66. The molecule has 0 unspecified atom stereocenters. The van der Waals surface area contributed by atoms with E-state index in [1.165, 1.54) is 12.1 Å². The van der Waals surface area contributed by atoms with Crippen LogP contribution in [0.25, 0.3) is 0 Å². The summed E-state index contributed by atoms with van der Waals surface area (Å²) in [4.78, 5) is 28.0. The van der Waals surface area contributed by atoms with Crippen LogP contribution in [0, 0.1) is 5.82 Å². The molecule has 0 bridgehead atoms. The molecule has 126 valence electrons. The van der Waals surface area contributed by atoms with E-state index in [4.69, 9.17) is 0 Å². The Kier molecular flexibility index (Phi) is 7.72. The Balaban J connectivity index is 0.00000264. The highest BCUT2D eigenvalue weighted by molar-refractivity contribution is 14.0. The van der Waals surface area contributed by atoms with Crippen molar-refractivity contribution in [3.05, 3.63) is 35.6 Å². The summed E-state index contributed by atoms with van der Waals surface area (Å²) in [6.45, 7) is 1.20. The number of amides is 3. The largest absolute Gasteiger partial charge is 0.355 e. The number of urea groups is 1. The van der Waals surface area contributed by atoms with Crippen LogP contribution in [0.2, 0.25) is 0 Å². The second-order valence-electron chi connectivity index (χ2n) is 4.68. The van der Waals surface area contributed by atoms with Gasteiger partial charge in [0, 0.05) is 26.7 Å². The number of carbonyl (C=O) groups is 2. The van der Waals surface area contributed by atoms with Crippen LogP contribution in [0.15, 0.2) is 29.3 Å². The Hall–Kier alpha value is -1.91. The summed E-state index contributed by atoms with van der Waals surface area (Å²) in [5, 5.41) is 8.53. The van der Waals surface area contributed by atoms with Crippen molar-refractivity contribution >= 4 is 41.9 Å². The summed E-state index contributed by atoms with van der Waals surface area (Å²) in [5.74, 6) is 0.0252. The zero-order valence-corrected chi connectivity index (χ0v) is 15.0. The summed E-state index contributed by atoms with van der Waals surface area (Å²) in [5.41, 5.74) is 0.915. The third-order valence-corrected chi connectivity index (χ3v) is 3.16. The first-order valence-electron chi connectivity index (χ1n) is 6.87. The smallest absolute Gasteiger partial charge is 0.324 e. The van der Waals surface area contributed by atoms with E-state index in [-0.39, 0.29) is 54.8 Å². The topological polar surface area (TPSA) is 85.8 Å². The fourth-order valence-corrected chi connectivity index (χ4v) is 1.98. The highest BCUT2D eigenvalue weighted by Crippen LogP contribution is 2.02. The molecule has 0 radical (unpaired) electrons. The summed E-state index contributed by atoms with van der Waals surface area (Å²) in [6, 6.07) is 5.78. The van der Waals surface area contributed by atoms with Crippen LogP contribution in [0.5, 0.6) is 0 Å². The van der Waals surface area contributed by atoms with E-state index < -0.39 is 0 Å². The van der Waals surface area contributed by atoms with Gasteiger partial charge in [0.05, 0.1) is 6.54 Å². The van der Waals surface area contributed by atoms with Gasteiger partial charge in [-0.15, -0.1) is 24.0 Å². The van der Waals surface area contributed by atoms with Gasteiger partial charge in [0.15, 0.2) is 5.96 Å². The van der Waals surface area contributed by atoms with E-state index in [9.17, 15) is 14.0 Å². The third-order valence-electron chi connectivity index (χ3n) is 3.16. The molecule has 1 fully saturated rings. The van der Waals surface area contributed by atoms with Gasteiger partial charge >= 0.3 is 6.03 Å². The van der Waals surface area contributed by atoms with Crippen molar-refractivity contribution in [3.8, 4) is 0 Å². The lowest BCUT2D eigenvalue weighted by Crippen LogP contribution is -2.43. The Morgan fingerprint density at radius 1 is 1.30 bits per heavy atom. The fourth-order valence-electron chi connectivity index (χ4n) is 1.98. The molecule has 0 aromatic heterocycles. The van der Waals surface area contributed by atoms with Gasteiger partial charge in [0.2, 0.25) is 5.91 Å². The Morgan fingerprint density at radius 2 is 2.00 bits per heavy atom. The number of hydrogen-bond acceptors (Lipinski definition) is 3. The van der Waals surface area contributed by atoms with Crippen molar-refractivity contribution in [2.45, 2.75) is 6.54 Å². The van der Waals surface area contributed by atoms with Gasteiger partial charge in [-0.05, 0) is 17.7 Å². The van der Waals surface area contributed by atoms with Crippen LogP contribution in [0.3, 0.4) is 0 Å². The number of halogens is 2. The average Bonchev–Trinajstić information content (AvgIpc) is 2.84. The normalized spacial score (nSPS) is 14.3. The molecule has 2 rings (SSSR count). The monoisotopic (exact) mass is 435 g/mol. The number of imide groups is 1. The quantitative estimate of drug-likeness (QED) is 0.275. The molecule has 0 saturated carbocycles. The van der Waals surface area contributed by atoms with Gasteiger partial charge in [-0.1, -0.05) is 12.1 Å². The Labute approximate surface area is 150 Å². The summed E-state index contributed by atoms with van der Waals surface area (Å²) >= 11 is 0. The SMILES string of the molecule is CN=C(NCCN1C(=O)CNC1=O)NCc1ccc(F)cc1.I. The zero-order chi connectivity index (χ0) is 15.9. The molecule has 0 atom stereocenters. The Morgan fingerprint density at radius 3 is 2.57 bits per heavy atom. The number of nitrogens with zero attached hydrogens (tertiary/aromatic N) is 2. The summed E-state index contributed by atoms with van der Waals surface area (Å²) in [7, 11) is 1.62. The molecule has 1 saturated heterocycles. The predicted molar refractivity (Wildman–Crippen MR) is 95.1 cm³/mol. The molecule has 1 aromatic carbocycles. The second-order valence-corrected chi connectivity index (χ2v) is 4.68. The molecule has 1 aromatic rings. The van der Waals surface area contributed by atoms with E-state index in [1.54, 1.807) is 19.2 Å². The average molecular weight is 435 g/mol. The molecule has 1 aliphatic rings. The summed E-state index contributed by atoms with van der Waals surface area (Å²) in [6.07, 6.45) is 0. The lowest BCUT2D eigenvalue weighted by molar-refractivity contribution is -0.124. The second kappa shape index (κ2) is 9.28. The molecule has 9 heteroatoms. The van der Waals surface area contributed by atoms with Gasteiger partial charge in [-0.2, -0.15) is 0 Å². The van der Waals surface area contributed by atoms with Gasteiger partial charge in [-0.3, -0.25) is 14.7 Å². The maximum atomic E-state index is 12.8. The molecule has 1 heterocycles. The molecular formula is C14H19FIN5O2. The molecule has 0 aliphatic carbocycles. The first-order chi connectivity index (χ1) is 10.6. The number of guanidine groups is 1. The number of rotatable bonds is 5. The maximum Gasteiger partial charge on any atom is 0.324 e. The number of benzene rings is 1. The minimum atomic E-state index is -0.374. The molecule has 7 nitrogen and oxygen atoms in total.